The second kappa shape index (κ2) is 7.57. The van der Waals surface area contributed by atoms with Crippen LogP contribution in [0.25, 0.3) is 0 Å². The summed E-state index contributed by atoms with van der Waals surface area (Å²) < 4.78 is 27.6. The first-order chi connectivity index (χ1) is 14.5. The van der Waals surface area contributed by atoms with Crippen LogP contribution >= 0.6 is 11.3 Å². The van der Waals surface area contributed by atoms with Crippen LogP contribution < -0.4 is 5.32 Å². The summed E-state index contributed by atoms with van der Waals surface area (Å²) in [5.74, 6) is 0.156. The van der Waals surface area contributed by atoms with Crippen molar-refractivity contribution in [1.82, 2.24) is 14.5 Å². The van der Waals surface area contributed by atoms with Gasteiger partial charge < -0.3 is 0 Å². The van der Waals surface area contributed by atoms with Crippen molar-refractivity contribution in [2.45, 2.75) is 36.6 Å². The fourth-order valence-corrected chi connectivity index (χ4v) is 5.88. The fourth-order valence-electron chi connectivity index (χ4n) is 3.55. The number of sulfonamides is 1. The zero-order valence-corrected chi connectivity index (χ0v) is 17.7. The molecule has 0 unspecified atom stereocenters. The van der Waals surface area contributed by atoms with Gasteiger partial charge in [-0.25, -0.2) is 8.42 Å². The van der Waals surface area contributed by atoms with Crippen molar-refractivity contribution < 1.29 is 13.2 Å². The molecule has 30 heavy (non-hydrogen) atoms. The lowest BCUT2D eigenvalue weighted by Gasteiger charge is -2.28. The van der Waals surface area contributed by atoms with Crippen LogP contribution in [0.1, 0.15) is 45.3 Å². The average molecular weight is 441 g/mol. The minimum Gasteiger partial charge on any atom is -0.296 e. The standard InChI is InChI=1S/C21H20N4O3S2/c26-19(22-21-24-23-20(29-21)16-5-6-16)15-7-9-18(10-8-15)30(27,28)25-12-11-14-3-1-2-4-17(14)13-25/h1-4,7-10,16H,5-6,11-13H2,(H,22,24,26). The van der Waals surface area contributed by atoms with Crippen LogP contribution in [-0.4, -0.2) is 35.4 Å². The van der Waals surface area contributed by atoms with Crippen molar-refractivity contribution in [3.05, 3.63) is 70.2 Å². The first-order valence-corrected chi connectivity index (χ1v) is 12.1. The Labute approximate surface area is 178 Å². The summed E-state index contributed by atoms with van der Waals surface area (Å²) in [6.07, 6.45) is 2.95. The van der Waals surface area contributed by atoms with E-state index in [1.165, 1.54) is 45.5 Å². The second-order valence-electron chi connectivity index (χ2n) is 7.56. The maximum Gasteiger partial charge on any atom is 0.257 e. The number of nitrogens with one attached hydrogen (secondary N) is 1. The molecule has 5 rings (SSSR count). The first-order valence-electron chi connectivity index (χ1n) is 9.82. The highest BCUT2D eigenvalue weighted by Gasteiger charge is 2.29. The molecule has 0 saturated heterocycles. The number of benzene rings is 2. The molecule has 1 amide bonds. The lowest BCUT2D eigenvalue weighted by atomic mass is 10.0. The third-order valence-electron chi connectivity index (χ3n) is 5.44. The molecule has 1 fully saturated rings. The minimum atomic E-state index is -3.62. The Morgan fingerprint density at radius 2 is 1.77 bits per heavy atom. The number of rotatable bonds is 5. The lowest BCUT2D eigenvalue weighted by molar-refractivity contribution is 0.102. The molecule has 1 saturated carbocycles. The van der Waals surface area contributed by atoms with E-state index in [4.69, 9.17) is 0 Å². The molecule has 0 spiro atoms. The first kappa shape index (κ1) is 19.3. The van der Waals surface area contributed by atoms with Crippen LogP contribution in [0.4, 0.5) is 5.13 Å². The van der Waals surface area contributed by atoms with Gasteiger partial charge in [0, 0.05) is 24.6 Å². The fraction of sp³-hybridized carbons (Fsp3) is 0.286. The van der Waals surface area contributed by atoms with Crippen molar-refractivity contribution in [3.8, 4) is 0 Å². The van der Waals surface area contributed by atoms with Gasteiger partial charge in [0.05, 0.1) is 4.90 Å². The van der Waals surface area contributed by atoms with Gasteiger partial charge in [0.2, 0.25) is 15.2 Å². The van der Waals surface area contributed by atoms with Gasteiger partial charge in [-0.3, -0.25) is 10.1 Å². The summed E-state index contributed by atoms with van der Waals surface area (Å²) >= 11 is 1.39. The van der Waals surface area contributed by atoms with Crippen LogP contribution in [0.2, 0.25) is 0 Å². The van der Waals surface area contributed by atoms with E-state index in [1.54, 1.807) is 0 Å². The summed E-state index contributed by atoms with van der Waals surface area (Å²) in [6.45, 7) is 0.809. The predicted molar refractivity (Wildman–Crippen MR) is 114 cm³/mol. The molecule has 0 radical (unpaired) electrons. The lowest BCUT2D eigenvalue weighted by Crippen LogP contribution is -2.35. The van der Waals surface area contributed by atoms with E-state index >= 15 is 0 Å². The zero-order chi connectivity index (χ0) is 20.7. The summed E-state index contributed by atoms with van der Waals surface area (Å²) in [4.78, 5) is 12.7. The average Bonchev–Trinajstić information content (AvgIpc) is 3.52. The number of aromatic nitrogens is 2. The van der Waals surface area contributed by atoms with Gasteiger partial charge in [-0.05, 0) is 54.7 Å². The second-order valence-corrected chi connectivity index (χ2v) is 10.5. The quantitative estimate of drug-likeness (QED) is 0.656. The monoisotopic (exact) mass is 440 g/mol. The van der Waals surface area contributed by atoms with Crippen LogP contribution in [0.3, 0.4) is 0 Å². The number of carbonyl (C=O) groups excluding carboxylic acids is 1. The van der Waals surface area contributed by atoms with Crippen LogP contribution in [-0.2, 0) is 23.0 Å². The van der Waals surface area contributed by atoms with Crippen LogP contribution in [0.15, 0.2) is 53.4 Å². The van der Waals surface area contributed by atoms with E-state index in [9.17, 15) is 13.2 Å². The number of anilines is 1. The smallest absolute Gasteiger partial charge is 0.257 e. The van der Waals surface area contributed by atoms with Gasteiger partial charge in [-0.1, -0.05) is 35.6 Å². The van der Waals surface area contributed by atoms with E-state index in [0.717, 1.165) is 23.4 Å². The molecule has 1 aliphatic heterocycles. The van der Waals surface area contributed by atoms with Gasteiger partial charge in [0.15, 0.2) is 0 Å². The minimum absolute atomic E-state index is 0.186. The highest BCUT2D eigenvalue weighted by atomic mass is 32.2. The zero-order valence-electron chi connectivity index (χ0n) is 16.1. The van der Waals surface area contributed by atoms with Crippen LogP contribution in [0.5, 0.6) is 0 Å². The van der Waals surface area contributed by atoms with E-state index in [0.29, 0.717) is 36.1 Å². The Hall–Kier alpha value is -2.62. The molecule has 2 heterocycles. The van der Waals surface area contributed by atoms with Gasteiger partial charge in [-0.2, -0.15) is 4.31 Å². The van der Waals surface area contributed by atoms with Crippen LogP contribution in [0, 0.1) is 0 Å². The molecule has 0 bridgehead atoms. The van der Waals surface area contributed by atoms with Crippen molar-refractivity contribution in [2.24, 2.45) is 0 Å². The molecular weight excluding hydrogens is 420 g/mol. The number of nitrogens with zero attached hydrogens (tertiary/aromatic N) is 3. The Balaban J connectivity index is 1.29. The maximum atomic E-state index is 13.1. The molecule has 1 N–H and O–H groups in total. The highest BCUT2D eigenvalue weighted by molar-refractivity contribution is 7.89. The summed E-state index contributed by atoms with van der Waals surface area (Å²) in [7, 11) is -3.62. The molecule has 2 aromatic carbocycles. The Bertz CT molecular complexity index is 1200. The molecule has 154 valence electrons. The molecule has 0 atom stereocenters. The van der Waals surface area contributed by atoms with Gasteiger partial charge >= 0.3 is 0 Å². The molecule has 9 heteroatoms. The SMILES string of the molecule is O=C(Nc1nnc(C2CC2)s1)c1ccc(S(=O)(=O)N2CCc3ccccc3C2)cc1. The predicted octanol–water partition coefficient (Wildman–Crippen LogP) is 3.41. The topological polar surface area (TPSA) is 92.3 Å². The molecule has 1 aliphatic carbocycles. The van der Waals surface area contributed by atoms with Gasteiger partial charge in [0.25, 0.3) is 5.91 Å². The van der Waals surface area contributed by atoms with E-state index in [2.05, 4.69) is 15.5 Å². The van der Waals surface area contributed by atoms with Crippen molar-refractivity contribution in [3.63, 3.8) is 0 Å². The third kappa shape index (κ3) is 3.76. The molecule has 3 aromatic rings. The third-order valence-corrected chi connectivity index (χ3v) is 8.30. The molecular formula is C21H20N4O3S2. The number of amides is 1. The summed E-state index contributed by atoms with van der Waals surface area (Å²) in [6, 6.07) is 13.9. The van der Waals surface area contributed by atoms with E-state index in [-0.39, 0.29) is 10.8 Å². The van der Waals surface area contributed by atoms with Crippen molar-refractivity contribution in [1.29, 1.82) is 0 Å². The molecule has 1 aromatic heterocycles. The van der Waals surface area contributed by atoms with Gasteiger partial charge in [0.1, 0.15) is 5.01 Å². The Morgan fingerprint density at radius 1 is 1.03 bits per heavy atom. The number of fused-ring (bicyclic) bond motifs is 1. The highest BCUT2D eigenvalue weighted by Crippen LogP contribution is 2.42. The Morgan fingerprint density at radius 3 is 2.50 bits per heavy atom. The maximum absolute atomic E-state index is 13.1. The summed E-state index contributed by atoms with van der Waals surface area (Å²) in [5.41, 5.74) is 2.60. The molecule has 7 nitrogen and oxygen atoms in total. The van der Waals surface area contributed by atoms with E-state index in [1.807, 2.05) is 24.3 Å². The number of hydrogen-bond donors (Lipinski definition) is 1. The van der Waals surface area contributed by atoms with E-state index < -0.39 is 10.0 Å². The van der Waals surface area contributed by atoms with Crippen molar-refractivity contribution >= 4 is 32.4 Å². The normalized spacial score (nSPS) is 16.8. The number of carbonyl (C=O) groups is 1. The van der Waals surface area contributed by atoms with Crippen molar-refractivity contribution in [2.75, 3.05) is 11.9 Å². The Kier molecular flexibility index (Phi) is 4.88. The largest absolute Gasteiger partial charge is 0.296 e. The van der Waals surface area contributed by atoms with Gasteiger partial charge in [-0.15, -0.1) is 10.2 Å². The molecule has 2 aliphatic rings. The number of hydrogen-bond acceptors (Lipinski definition) is 6. The summed E-state index contributed by atoms with van der Waals surface area (Å²) in [5, 5.41) is 12.3.